The Bertz CT molecular complexity index is 971. The highest BCUT2D eigenvalue weighted by Crippen LogP contribution is 2.20. The second-order valence-corrected chi connectivity index (χ2v) is 5.17. The maximum atomic E-state index is 4.46. The molecule has 4 aromatic rings. The Hall–Kier alpha value is -3.54. The first-order chi connectivity index (χ1) is 11.9. The number of benzene rings is 1. The molecule has 0 amide bonds. The van der Waals surface area contributed by atoms with Crippen molar-refractivity contribution >= 4 is 34.0 Å². The minimum absolute atomic E-state index is 0.514. The fraction of sp³-hybridized carbons (Fsp3) is 0. The molecule has 24 heavy (non-hydrogen) atoms. The molecule has 4 rings (SSSR count). The molecule has 1 aromatic carbocycles. The molecule has 0 spiro atoms. The van der Waals surface area contributed by atoms with E-state index in [1.807, 2.05) is 48.5 Å². The summed E-state index contributed by atoms with van der Waals surface area (Å²) in [5, 5.41) is 7.47. The van der Waals surface area contributed by atoms with Crippen LogP contribution < -0.4 is 10.6 Å². The minimum atomic E-state index is 0.514. The standard InChI is InChI=1S/C18H14N6/c1-2-4-16-13(3-1)11-15(12-21-16)22-17-7-10-20-18(24-17)23-14-5-8-19-9-6-14/h1-12H,(H2,19,20,22,23,24). The van der Waals surface area contributed by atoms with Gasteiger partial charge in [0, 0.05) is 29.7 Å². The van der Waals surface area contributed by atoms with E-state index in [-0.39, 0.29) is 0 Å². The zero-order chi connectivity index (χ0) is 16.2. The molecule has 0 saturated carbocycles. The number of rotatable bonds is 4. The van der Waals surface area contributed by atoms with Crippen LogP contribution in [-0.4, -0.2) is 19.9 Å². The number of nitrogens with zero attached hydrogens (tertiary/aromatic N) is 4. The molecule has 0 saturated heterocycles. The Morgan fingerprint density at radius 2 is 1.62 bits per heavy atom. The van der Waals surface area contributed by atoms with Crippen molar-refractivity contribution in [2.45, 2.75) is 0 Å². The summed E-state index contributed by atoms with van der Waals surface area (Å²) in [6, 6.07) is 15.6. The highest BCUT2D eigenvalue weighted by atomic mass is 15.1. The maximum absolute atomic E-state index is 4.46. The first-order valence-corrected chi connectivity index (χ1v) is 7.49. The summed E-state index contributed by atoms with van der Waals surface area (Å²) in [6.07, 6.45) is 6.92. The van der Waals surface area contributed by atoms with Crippen LogP contribution in [0.25, 0.3) is 10.9 Å². The number of pyridine rings is 2. The summed E-state index contributed by atoms with van der Waals surface area (Å²) in [5.41, 5.74) is 2.72. The summed E-state index contributed by atoms with van der Waals surface area (Å²) in [6.45, 7) is 0. The van der Waals surface area contributed by atoms with Gasteiger partial charge in [-0.15, -0.1) is 0 Å². The largest absolute Gasteiger partial charge is 0.339 e. The number of nitrogens with one attached hydrogen (secondary N) is 2. The number of hydrogen-bond donors (Lipinski definition) is 2. The van der Waals surface area contributed by atoms with E-state index in [4.69, 9.17) is 0 Å². The number of aromatic nitrogens is 4. The minimum Gasteiger partial charge on any atom is -0.339 e. The van der Waals surface area contributed by atoms with Gasteiger partial charge >= 0.3 is 0 Å². The third kappa shape index (κ3) is 3.12. The Labute approximate surface area is 138 Å². The van der Waals surface area contributed by atoms with E-state index in [1.165, 1.54) is 0 Å². The van der Waals surface area contributed by atoms with Crippen molar-refractivity contribution in [3.05, 3.63) is 73.3 Å². The van der Waals surface area contributed by atoms with E-state index in [0.29, 0.717) is 11.8 Å². The predicted octanol–water partition coefficient (Wildman–Crippen LogP) is 3.91. The predicted molar refractivity (Wildman–Crippen MR) is 94.6 cm³/mol. The molecule has 0 atom stereocenters. The molecule has 116 valence electrons. The topological polar surface area (TPSA) is 75.6 Å². The lowest BCUT2D eigenvalue weighted by Crippen LogP contribution is -2.00. The summed E-state index contributed by atoms with van der Waals surface area (Å²) < 4.78 is 0. The van der Waals surface area contributed by atoms with Crippen molar-refractivity contribution in [2.24, 2.45) is 0 Å². The van der Waals surface area contributed by atoms with Gasteiger partial charge in [0.25, 0.3) is 0 Å². The Morgan fingerprint density at radius 1 is 0.750 bits per heavy atom. The van der Waals surface area contributed by atoms with Gasteiger partial charge < -0.3 is 10.6 Å². The van der Waals surface area contributed by atoms with Crippen LogP contribution in [0.3, 0.4) is 0 Å². The average molecular weight is 314 g/mol. The van der Waals surface area contributed by atoms with Crippen LogP contribution in [-0.2, 0) is 0 Å². The molecule has 6 heteroatoms. The molecule has 0 aliphatic carbocycles. The Kier molecular flexibility index (Phi) is 3.69. The molecule has 0 unspecified atom stereocenters. The highest BCUT2D eigenvalue weighted by Gasteiger charge is 2.02. The lowest BCUT2D eigenvalue weighted by atomic mass is 10.2. The van der Waals surface area contributed by atoms with E-state index in [0.717, 1.165) is 22.3 Å². The van der Waals surface area contributed by atoms with Crippen LogP contribution in [0.4, 0.5) is 23.1 Å². The van der Waals surface area contributed by atoms with Gasteiger partial charge in [-0.05, 0) is 30.3 Å². The smallest absolute Gasteiger partial charge is 0.229 e. The maximum Gasteiger partial charge on any atom is 0.229 e. The molecule has 0 fully saturated rings. The van der Waals surface area contributed by atoms with Gasteiger partial charge in [0.15, 0.2) is 0 Å². The third-order valence-corrected chi connectivity index (χ3v) is 3.45. The third-order valence-electron chi connectivity index (χ3n) is 3.45. The van der Waals surface area contributed by atoms with Crippen LogP contribution >= 0.6 is 0 Å². The SMILES string of the molecule is c1ccc2ncc(Nc3ccnc(Nc4ccncc4)n3)cc2c1. The molecule has 0 aliphatic heterocycles. The van der Waals surface area contributed by atoms with Crippen molar-refractivity contribution in [3.63, 3.8) is 0 Å². The van der Waals surface area contributed by atoms with Gasteiger partial charge in [0.05, 0.1) is 17.4 Å². The van der Waals surface area contributed by atoms with E-state index in [9.17, 15) is 0 Å². The van der Waals surface area contributed by atoms with Crippen LogP contribution in [0.15, 0.2) is 73.3 Å². The quantitative estimate of drug-likeness (QED) is 0.595. The van der Waals surface area contributed by atoms with Gasteiger partial charge in [0.2, 0.25) is 5.95 Å². The molecule has 6 nitrogen and oxygen atoms in total. The summed E-state index contributed by atoms with van der Waals surface area (Å²) in [4.78, 5) is 17.1. The number of fused-ring (bicyclic) bond motifs is 1. The average Bonchev–Trinajstić information content (AvgIpc) is 2.63. The van der Waals surface area contributed by atoms with Crippen molar-refractivity contribution in [1.29, 1.82) is 0 Å². The zero-order valence-electron chi connectivity index (χ0n) is 12.7. The lowest BCUT2D eigenvalue weighted by Gasteiger charge is -2.08. The first-order valence-electron chi connectivity index (χ1n) is 7.49. The molecular formula is C18H14N6. The van der Waals surface area contributed by atoms with Crippen molar-refractivity contribution in [2.75, 3.05) is 10.6 Å². The summed E-state index contributed by atoms with van der Waals surface area (Å²) in [7, 11) is 0. The van der Waals surface area contributed by atoms with Crippen LogP contribution in [0.5, 0.6) is 0 Å². The molecule has 0 radical (unpaired) electrons. The first kappa shape index (κ1) is 14.1. The molecular weight excluding hydrogens is 300 g/mol. The van der Waals surface area contributed by atoms with Crippen molar-refractivity contribution in [3.8, 4) is 0 Å². The second kappa shape index (κ2) is 6.29. The molecule has 0 aliphatic rings. The number of anilines is 4. The second-order valence-electron chi connectivity index (χ2n) is 5.17. The summed E-state index contributed by atoms with van der Waals surface area (Å²) >= 11 is 0. The fourth-order valence-electron chi connectivity index (χ4n) is 2.34. The van der Waals surface area contributed by atoms with Crippen molar-refractivity contribution < 1.29 is 0 Å². The van der Waals surface area contributed by atoms with E-state index < -0.39 is 0 Å². The van der Waals surface area contributed by atoms with Gasteiger partial charge in [0.1, 0.15) is 5.82 Å². The molecule has 3 heterocycles. The Balaban J connectivity index is 1.56. The van der Waals surface area contributed by atoms with Gasteiger partial charge in [-0.1, -0.05) is 18.2 Å². The zero-order valence-corrected chi connectivity index (χ0v) is 12.7. The van der Waals surface area contributed by atoms with Gasteiger partial charge in [-0.2, -0.15) is 4.98 Å². The lowest BCUT2D eigenvalue weighted by molar-refractivity contribution is 1.16. The van der Waals surface area contributed by atoms with Gasteiger partial charge in [-0.3, -0.25) is 9.97 Å². The molecule has 2 N–H and O–H groups in total. The van der Waals surface area contributed by atoms with E-state index >= 15 is 0 Å². The van der Waals surface area contributed by atoms with Crippen molar-refractivity contribution in [1.82, 2.24) is 19.9 Å². The fourth-order valence-corrected chi connectivity index (χ4v) is 2.34. The van der Waals surface area contributed by atoms with E-state index in [2.05, 4.69) is 30.6 Å². The Morgan fingerprint density at radius 3 is 2.54 bits per heavy atom. The van der Waals surface area contributed by atoms with Crippen LogP contribution in [0, 0.1) is 0 Å². The number of hydrogen-bond acceptors (Lipinski definition) is 6. The van der Waals surface area contributed by atoms with Crippen LogP contribution in [0.1, 0.15) is 0 Å². The summed E-state index contributed by atoms with van der Waals surface area (Å²) in [5.74, 6) is 1.21. The number of para-hydroxylation sites is 1. The molecule has 0 bridgehead atoms. The molecule has 3 aromatic heterocycles. The normalized spacial score (nSPS) is 10.5. The monoisotopic (exact) mass is 314 g/mol. The van der Waals surface area contributed by atoms with E-state index in [1.54, 1.807) is 24.8 Å². The van der Waals surface area contributed by atoms with Crippen LogP contribution in [0.2, 0.25) is 0 Å². The highest BCUT2D eigenvalue weighted by molar-refractivity contribution is 5.82. The van der Waals surface area contributed by atoms with Gasteiger partial charge in [-0.25, -0.2) is 4.98 Å².